The highest BCUT2D eigenvalue weighted by atomic mass is 35.5. The number of ether oxygens (including phenoxy) is 1. The zero-order chi connectivity index (χ0) is 11.4. The van der Waals surface area contributed by atoms with E-state index in [-0.39, 0.29) is 0 Å². The maximum Gasteiger partial charge on any atom is 0.127 e. The lowest BCUT2D eigenvalue weighted by Crippen LogP contribution is -1.85. The predicted molar refractivity (Wildman–Crippen MR) is 67.0 cm³/mol. The molecule has 0 aromatic heterocycles. The van der Waals surface area contributed by atoms with Gasteiger partial charge >= 0.3 is 0 Å². The Balaban J connectivity index is 2.11. The molecule has 0 fully saturated rings. The molecular formula is C14H12ClO. The summed E-state index contributed by atoms with van der Waals surface area (Å²) in [6.07, 6.45) is 0.793. The van der Waals surface area contributed by atoms with Crippen LogP contribution in [0, 0.1) is 6.92 Å². The molecule has 0 saturated heterocycles. The van der Waals surface area contributed by atoms with Crippen LogP contribution in [0.25, 0.3) is 0 Å². The van der Waals surface area contributed by atoms with Gasteiger partial charge in [0.05, 0.1) is 0 Å². The summed E-state index contributed by atoms with van der Waals surface area (Å²) in [6, 6.07) is 15.2. The topological polar surface area (TPSA) is 9.23 Å². The van der Waals surface area contributed by atoms with Crippen molar-refractivity contribution in [2.45, 2.75) is 6.42 Å². The third kappa shape index (κ3) is 2.77. The van der Waals surface area contributed by atoms with E-state index in [0.717, 1.165) is 17.9 Å². The Hall–Kier alpha value is -1.47. The van der Waals surface area contributed by atoms with Crippen molar-refractivity contribution in [3.63, 3.8) is 0 Å². The fourth-order valence-electron chi connectivity index (χ4n) is 1.36. The molecule has 1 nitrogen and oxygen atoms in total. The third-order valence-corrected chi connectivity index (χ3v) is 2.51. The minimum atomic E-state index is 0.708. The first-order chi connectivity index (χ1) is 7.78. The fraction of sp³-hybridized carbons (Fsp3) is 0.0714. The van der Waals surface area contributed by atoms with Gasteiger partial charge in [-0.3, -0.25) is 0 Å². The summed E-state index contributed by atoms with van der Waals surface area (Å²) < 4.78 is 5.65. The molecule has 0 atom stereocenters. The quantitative estimate of drug-likeness (QED) is 0.755. The molecule has 2 aromatic carbocycles. The van der Waals surface area contributed by atoms with Gasteiger partial charge < -0.3 is 4.74 Å². The van der Waals surface area contributed by atoms with E-state index in [4.69, 9.17) is 16.3 Å². The van der Waals surface area contributed by atoms with Crippen LogP contribution in [0.5, 0.6) is 11.5 Å². The van der Waals surface area contributed by atoms with Crippen molar-refractivity contribution in [1.82, 2.24) is 0 Å². The first-order valence-electron chi connectivity index (χ1n) is 5.09. The van der Waals surface area contributed by atoms with Gasteiger partial charge in [-0.2, -0.15) is 0 Å². The van der Waals surface area contributed by atoms with Crippen molar-refractivity contribution in [3.05, 3.63) is 66.0 Å². The van der Waals surface area contributed by atoms with Gasteiger partial charge in [0.1, 0.15) is 11.5 Å². The van der Waals surface area contributed by atoms with Gasteiger partial charge in [0.15, 0.2) is 0 Å². The molecule has 16 heavy (non-hydrogen) atoms. The zero-order valence-electron chi connectivity index (χ0n) is 8.82. The Labute approximate surface area is 101 Å². The van der Waals surface area contributed by atoms with Crippen LogP contribution in [-0.4, -0.2) is 0 Å². The SMILES string of the molecule is [CH2]Cc1ccc(Oc2ccc(Cl)cc2)cc1. The molecule has 0 amide bonds. The summed E-state index contributed by atoms with van der Waals surface area (Å²) in [5.74, 6) is 1.60. The second-order valence-corrected chi connectivity index (χ2v) is 3.89. The summed E-state index contributed by atoms with van der Waals surface area (Å²) in [7, 11) is 0. The molecule has 2 heteroatoms. The highest BCUT2D eigenvalue weighted by Crippen LogP contribution is 2.23. The monoisotopic (exact) mass is 231 g/mol. The van der Waals surface area contributed by atoms with Crippen LogP contribution >= 0.6 is 11.6 Å². The second-order valence-electron chi connectivity index (χ2n) is 3.45. The molecule has 0 aliphatic heterocycles. The van der Waals surface area contributed by atoms with E-state index in [1.54, 1.807) is 12.1 Å². The van der Waals surface area contributed by atoms with Gasteiger partial charge in [0.25, 0.3) is 0 Å². The van der Waals surface area contributed by atoms with E-state index < -0.39 is 0 Å². The number of halogens is 1. The Kier molecular flexibility index (Phi) is 3.47. The fourth-order valence-corrected chi connectivity index (χ4v) is 1.49. The first kappa shape index (κ1) is 11.0. The Morgan fingerprint density at radius 3 is 1.88 bits per heavy atom. The highest BCUT2D eigenvalue weighted by Gasteiger charge is 1.97. The maximum atomic E-state index is 5.79. The van der Waals surface area contributed by atoms with Crippen LogP contribution in [0.4, 0.5) is 0 Å². The zero-order valence-corrected chi connectivity index (χ0v) is 9.58. The Morgan fingerprint density at radius 1 is 0.875 bits per heavy atom. The largest absolute Gasteiger partial charge is 0.457 e. The number of hydrogen-bond acceptors (Lipinski definition) is 1. The van der Waals surface area contributed by atoms with Crippen molar-refractivity contribution in [3.8, 4) is 11.5 Å². The number of benzene rings is 2. The van der Waals surface area contributed by atoms with Crippen molar-refractivity contribution in [1.29, 1.82) is 0 Å². The Morgan fingerprint density at radius 2 is 1.38 bits per heavy atom. The first-order valence-corrected chi connectivity index (χ1v) is 5.47. The standard InChI is InChI=1S/C14H12ClO/c1-2-11-3-7-13(8-4-11)16-14-9-5-12(15)6-10-14/h3-10H,1-2H2. The molecular weight excluding hydrogens is 220 g/mol. The molecule has 1 radical (unpaired) electrons. The van der Waals surface area contributed by atoms with E-state index in [1.807, 2.05) is 36.4 Å². The molecule has 2 rings (SSSR count). The molecule has 0 heterocycles. The van der Waals surface area contributed by atoms with Gasteiger partial charge in [-0.25, -0.2) is 0 Å². The molecule has 0 bridgehead atoms. The molecule has 0 unspecified atom stereocenters. The molecule has 0 saturated carbocycles. The molecule has 2 aromatic rings. The number of rotatable bonds is 3. The Bertz CT molecular complexity index is 445. The normalized spacial score (nSPS) is 10.1. The van der Waals surface area contributed by atoms with E-state index >= 15 is 0 Å². The van der Waals surface area contributed by atoms with Gasteiger partial charge in [-0.05, 0) is 55.3 Å². The highest BCUT2D eigenvalue weighted by molar-refractivity contribution is 6.30. The minimum absolute atomic E-state index is 0.708. The molecule has 0 spiro atoms. The van der Waals surface area contributed by atoms with E-state index in [0.29, 0.717) is 5.02 Å². The predicted octanol–water partition coefficient (Wildman–Crippen LogP) is 4.51. The van der Waals surface area contributed by atoms with Crippen LogP contribution in [0.15, 0.2) is 48.5 Å². The van der Waals surface area contributed by atoms with Crippen molar-refractivity contribution in [2.24, 2.45) is 0 Å². The van der Waals surface area contributed by atoms with E-state index in [9.17, 15) is 0 Å². The van der Waals surface area contributed by atoms with E-state index in [2.05, 4.69) is 6.92 Å². The smallest absolute Gasteiger partial charge is 0.127 e. The summed E-state index contributed by atoms with van der Waals surface area (Å²) in [6.45, 7) is 3.82. The lowest BCUT2D eigenvalue weighted by Gasteiger charge is -2.06. The van der Waals surface area contributed by atoms with Gasteiger partial charge in [-0.15, -0.1) is 0 Å². The second kappa shape index (κ2) is 5.04. The van der Waals surface area contributed by atoms with Gasteiger partial charge in [-0.1, -0.05) is 23.7 Å². The molecule has 0 aliphatic carbocycles. The van der Waals surface area contributed by atoms with Crippen LogP contribution in [-0.2, 0) is 6.42 Å². The summed E-state index contributed by atoms with van der Waals surface area (Å²) >= 11 is 5.79. The van der Waals surface area contributed by atoms with Crippen LogP contribution in [0.3, 0.4) is 0 Å². The number of hydrogen-bond donors (Lipinski definition) is 0. The van der Waals surface area contributed by atoms with Crippen molar-refractivity contribution in [2.75, 3.05) is 0 Å². The summed E-state index contributed by atoms with van der Waals surface area (Å²) in [5, 5.41) is 0.708. The lowest BCUT2D eigenvalue weighted by molar-refractivity contribution is 0.482. The van der Waals surface area contributed by atoms with Gasteiger partial charge in [0, 0.05) is 5.02 Å². The van der Waals surface area contributed by atoms with Crippen LogP contribution < -0.4 is 4.74 Å². The summed E-state index contributed by atoms with van der Waals surface area (Å²) in [5.41, 5.74) is 1.20. The molecule has 81 valence electrons. The van der Waals surface area contributed by atoms with Crippen LogP contribution in [0.2, 0.25) is 5.02 Å². The average molecular weight is 232 g/mol. The van der Waals surface area contributed by atoms with Gasteiger partial charge in [0.2, 0.25) is 0 Å². The third-order valence-electron chi connectivity index (χ3n) is 2.26. The van der Waals surface area contributed by atoms with Crippen molar-refractivity contribution >= 4 is 11.6 Å². The minimum Gasteiger partial charge on any atom is -0.457 e. The maximum absolute atomic E-state index is 5.79. The molecule has 0 N–H and O–H groups in total. The van der Waals surface area contributed by atoms with E-state index in [1.165, 1.54) is 5.56 Å². The van der Waals surface area contributed by atoms with Crippen molar-refractivity contribution < 1.29 is 4.74 Å². The average Bonchev–Trinajstić information content (AvgIpc) is 2.33. The molecule has 0 aliphatic rings. The summed E-state index contributed by atoms with van der Waals surface area (Å²) in [4.78, 5) is 0. The van der Waals surface area contributed by atoms with Crippen LogP contribution in [0.1, 0.15) is 5.56 Å². The lowest BCUT2D eigenvalue weighted by atomic mass is 10.2.